The third kappa shape index (κ3) is 2.92. The molecule has 0 spiro atoms. The van der Waals surface area contributed by atoms with Gasteiger partial charge in [-0.05, 0) is 25.5 Å². The Morgan fingerprint density at radius 1 is 1.61 bits per heavy atom. The van der Waals surface area contributed by atoms with Crippen molar-refractivity contribution in [2.75, 3.05) is 18.5 Å². The molecule has 5 nitrogen and oxygen atoms in total. The lowest BCUT2D eigenvalue weighted by Crippen LogP contribution is -2.47. The molecule has 2 rings (SSSR count). The van der Waals surface area contributed by atoms with Crippen LogP contribution in [0.1, 0.15) is 13.3 Å². The zero-order valence-electron chi connectivity index (χ0n) is 10.3. The third-order valence-electron chi connectivity index (χ3n) is 2.88. The van der Waals surface area contributed by atoms with Crippen molar-refractivity contribution < 1.29 is 14.6 Å². The maximum absolute atomic E-state index is 11.9. The summed E-state index contributed by atoms with van der Waals surface area (Å²) in [5.74, 6) is 0.539. The van der Waals surface area contributed by atoms with Gasteiger partial charge in [0, 0.05) is 12.6 Å². The Kier molecular flexibility index (Phi) is 4.04. The lowest BCUT2D eigenvalue weighted by atomic mass is 10.2. The highest BCUT2D eigenvalue weighted by atomic mass is 16.5. The smallest absolute Gasteiger partial charge is 0.263 e. The summed E-state index contributed by atoms with van der Waals surface area (Å²) < 4.78 is 5.64. The molecule has 2 unspecified atom stereocenters. The molecule has 1 aliphatic heterocycles. The molecule has 0 aliphatic carbocycles. The highest BCUT2D eigenvalue weighted by molar-refractivity contribution is 5.83. The topological polar surface area (TPSA) is 70.6 Å². The van der Waals surface area contributed by atoms with E-state index in [-0.39, 0.29) is 18.6 Å². The van der Waals surface area contributed by atoms with Crippen LogP contribution in [0.4, 0.5) is 5.69 Å². The molecule has 3 N–H and O–H groups in total. The van der Waals surface area contributed by atoms with Crippen LogP contribution in [-0.2, 0) is 4.79 Å². The van der Waals surface area contributed by atoms with Crippen molar-refractivity contribution in [2.45, 2.75) is 25.5 Å². The fourth-order valence-electron chi connectivity index (χ4n) is 1.86. The van der Waals surface area contributed by atoms with E-state index in [1.54, 1.807) is 0 Å². The lowest BCUT2D eigenvalue weighted by Gasteiger charge is -2.27. The van der Waals surface area contributed by atoms with Gasteiger partial charge in [-0.25, -0.2) is 0 Å². The van der Waals surface area contributed by atoms with E-state index in [2.05, 4.69) is 10.6 Å². The number of amides is 1. The van der Waals surface area contributed by atoms with Crippen LogP contribution in [0.25, 0.3) is 0 Å². The predicted molar refractivity (Wildman–Crippen MR) is 68.7 cm³/mol. The molecule has 0 saturated carbocycles. The van der Waals surface area contributed by atoms with Gasteiger partial charge in [0.25, 0.3) is 5.91 Å². The Balaban J connectivity index is 1.94. The van der Waals surface area contributed by atoms with Crippen LogP contribution in [0.5, 0.6) is 5.75 Å². The minimum Gasteiger partial charge on any atom is -0.477 e. The minimum atomic E-state index is -0.527. The average Bonchev–Trinajstić information content (AvgIpc) is 2.38. The van der Waals surface area contributed by atoms with Crippen molar-refractivity contribution >= 4 is 11.6 Å². The van der Waals surface area contributed by atoms with Gasteiger partial charge in [0.2, 0.25) is 0 Å². The molecule has 0 radical (unpaired) electrons. The molecule has 0 aromatic heterocycles. The fourth-order valence-corrected chi connectivity index (χ4v) is 1.86. The number of ether oxygens (including phenoxy) is 1. The Morgan fingerprint density at radius 3 is 3.17 bits per heavy atom. The van der Waals surface area contributed by atoms with Crippen LogP contribution in [0.3, 0.4) is 0 Å². The summed E-state index contributed by atoms with van der Waals surface area (Å²) in [5.41, 5.74) is 0.907. The van der Waals surface area contributed by atoms with Crippen LogP contribution in [0.15, 0.2) is 24.3 Å². The first-order valence-electron chi connectivity index (χ1n) is 6.11. The SMILES string of the molecule is CC(CCO)NC(=O)C1CNc2ccccc2O1. The van der Waals surface area contributed by atoms with E-state index < -0.39 is 6.10 Å². The maximum atomic E-state index is 11.9. The highest BCUT2D eigenvalue weighted by Gasteiger charge is 2.26. The van der Waals surface area contributed by atoms with Gasteiger partial charge >= 0.3 is 0 Å². The minimum absolute atomic E-state index is 0.0525. The molecule has 98 valence electrons. The normalized spacial score (nSPS) is 19.1. The van der Waals surface area contributed by atoms with Gasteiger partial charge in [-0.1, -0.05) is 12.1 Å². The Labute approximate surface area is 106 Å². The number of rotatable bonds is 4. The molecular formula is C13H18N2O3. The van der Waals surface area contributed by atoms with Crippen LogP contribution in [0.2, 0.25) is 0 Å². The summed E-state index contributed by atoms with van der Waals surface area (Å²) in [7, 11) is 0. The molecule has 1 aromatic carbocycles. The molecule has 0 fully saturated rings. The number of hydrogen-bond acceptors (Lipinski definition) is 4. The van der Waals surface area contributed by atoms with E-state index in [0.717, 1.165) is 5.69 Å². The van der Waals surface area contributed by atoms with Gasteiger partial charge in [-0.2, -0.15) is 0 Å². The number of nitrogens with one attached hydrogen (secondary N) is 2. The summed E-state index contributed by atoms with van der Waals surface area (Å²) in [6.07, 6.45) is 0.0173. The molecule has 2 atom stereocenters. The van der Waals surface area contributed by atoms with Crippen LogP contribution < -0.4 is 15.4 Å². The largest absolute Gasteiger partial charge is 0.477 e. The summed E-state index contributed by atoms with van der Waals surface area (Å²) in [6, 6.07) is 7.48. The first-order valence-corrected chi connectivity index (χ1v) is 6.11. The molecule has 1 aromatic rings. The third-order valence-corrected chi connectivity index (χ3v) is 2.88. The molecular weight excluding hydrogens is 232 g/mol. The van der Waals surface area contributed by atoms with Gasteiger partial charge in [0.05, 0.1) is 12.2 Å². The number of hydrogen-bond donors (Lipinski definition) is 3. The van der Waals surface area contributed by atoms with Crippen LogP contribution in [-0.4, -0.2) is 36.3 Å². The number of carbonyl (C=O) groups is 1. The van der Waals surface area contributed by atoms with Crippen molar-refractivity contribution in [1.82, 2.24) is 5.32 Å². The van der Waals surface area contributed by atoms with E-state index in [1.165, 1.54) is 0 Å². The fraction of sp³-hybridized carbons (Fsp3) is 0.462. The highest BCUT2D eigenvalue weighted by Crippen LogP contribution is 2.28. The summed E-state index contributed by atoms with van der Waals surface area (Å²) in [4.78, 5) is 11.9. The number of benzene rings is 1. The molecule has 1 aliphatic rings. The molecule has 5 heteroatoms. The zero-order valence-corrected chi connectivity index (χ0v) is 10.3. The number of fused-ring (bicyclic) bond motifs is 1. The van der Waals surface area contributed by atoms with Crippen molar-refractivity contribution in [2.24, 2.45) is 0 Å². The second-order valence-corrected chi connectivity index (χ2v) is 4.41. The number of para-hydroxylation sites is 2. The van der Waals surface area contributed by atoms with Gasteiger partial charge in [-0.15, -0.1) is 0 Å². The molecule has 18 heavy (non-hydrogen) atoms. The summed E-state index contributed by atoms with van der Waals surface area (Å²) in [6.45, 7) is 2.38. The van der Waals surface area contributed by atoms with Crippen LogP contribution >= 0.6 is 0 Å². The first kappa shape index (κ1) is 12.7. The summed E-state index contributed by atoms with van der Waals surface area (Å²) in [5, 5.41) is 14.8. The van der Waals surface area contributed by atoms with Crippen molar-refractivity contribution in [3.05, 3.63) is 24.3 Å². The van der Waals surface area contributed by atoms with E-state index in [1.807, 2.05) is 31.2 Å². The zero-order chi connectivity index (χ0) is 13.0. The van der Waals surface area contributed by atoms with Crippen molar-refractivity contribution in [3.63, 3.8) is 0 Å². The van der Waals surface area contributed by atoms with Gasteiger partial charge in [0.1, 0.15) is 5.75 Å². The van der Waals surface area contributed by atoms with E-state index in [9.17, 15) is 4.79 Å². The van der Waals surface area contributed by atoms with Crippen molar-refractivity contribution in [3.8, 4) is 5.75 Å². The number of anilines is 1. The number of aliphatic hydroxyl groups excluding tert-OH is 1. The second kappa shape index (κ2) is 5.73. The standard InChI is InChI=1S/C13H18N2O3/c1-9(6-7-16)15-13(17)12-8-14-10-4-2-3-5-11(10)18-12/h2-5,9,12,14,16H,6-8H2,1H3,(H,15,17). The van der Waals surface area contributed by atoms with E-state index >= 15 is 0 Å². The monoisotopic (exact) mass is 250 g/mol. The summed E-state index contributed by atoms with van der Waals surface area (Å²) >= 11 is 0. The number of carbonyl (C=O) groups excluding carboxylic acids is 1. The van der Waals surface area contributed by atoms with E-state index in [0.29, 0.717) is 18.7 Å². The Bertz CT molecular complexity index is 422. The predicted octanol–water partition coefficient (Wildman–Crippen LogP) is 0.747. The lowest BCUT2D eigenvalue weighted by molar-refractivity contribution is -0.128. The Morgan fingerprint density at radius 2 is 2.39 bits per heavy atom. The van der Waals surface area contributed by atoms with Gasteiger partial charge in [0.15, 0.2) is 6.10 Å². The Hall–Kier alpha value is -1.75. The quantitative estimate of drug-likeness (QED) is 0.737. The average molecular weight is 250 g/mol. The van der Waals surface area contributed by atoms with Gasteiger partial charge in [-0.3, -0.25) is 4.79 Å². The van der Waals surface area contributed by atoms with E-state index in [4.69, 9.17) is 9.84 Å². The molecule has 1 heterocycles. The molecule has 0 saturated heterocycles. The van der Waals surface area contributed by atoms with Crippen molar-refractivity contribution in [1.29, 1.82) is 0 Å². The molecule has 1 amide bonds. The molecule has 0 bridgehead atoms. The number of aliphatic hydroxyl groups is 1. The first-order chi connectivity index (χ1) is 8.70. The van der Waals surface area contributed by atoms with Crippen LogP contribution in [0, 0.1) is 0 Å². The maximum Gasteiger partial charge on any atom is 0.263 e. The van der Waals surface area contributed by atoms with Gasteiger partial charge < -0.3 is 20.5 Å². The second-order valence-electron chi connectivity index (χ2n) is 4.41.